The number of hydrogen-bond donors (Lipinski definition) is 2. The molecule has 2 bridgehead atoms. The van der Waals surface area contributed by atoms with Gasteiger partial charge in [-0.15, -0.1) is 6.58 Å². The first-order chi connectivity index (χ1) is 19.3. The maximum absolute atomic E-state index is 14.6. The SMILES string of the molecule is C=CC12CCC(CN(c3nc(OCC4CCCN4C)nc4cc(-c5ccc(F)c6sc(N)nc56)c(Cl)cc34)C1)N2. The second kappa shape index (κ2) is 9.80. The first kappa shape index (κ1) is 25.9. The molecule has 0 amide bonds. The Morgan fingerprint density at radius 3 is 2.95 bits per heavy atom. The molecular formula is C29H31ClFN7OS. The quantitative estimate of drug-likeness (QED) is 0.299. The summed E-state index contributed by atoms with van der Waals surface area (Å²) < 4.78 is 21.2. The van der Waals surface area contributed by atoms with Crippen LogP contribution in [0.5, 0.6) is 6.01 Å². The summed E-state index contributed by atoms with van der Waals surface area (Å²) in [4.78, 5) is 18.8. The van der Waals surface area contributed by atoms with E-state index in [9.17, 15) is 4.39 Å². The van der Waals surface area contributed by atoms with Gasteiger partial charge in [-0.25, -0.2) is 9.37 Å². The molecule has 4 aromatic rings. The van der Waals surface area contributed by atoms with Crippen LogP contribution in [0.3, 0.4) is 0 Å². The molecule has 0 spiro atoms. The van der Waals surface area contributed by atoms with E-state index in [0.717, 1.165) is 67.9 Å². The zero-order valence-corrected chi connectivity index (χ0v) is 23.9. The largest absolute Gasteiger partial charge is 0.462 e. The summed E-state index contributed by atoms with van der Waals surface area (Å²) >= 11 is 8.06. The van der Waals surface area contributed by atoms with Crippen molar-refractivity contribution in [2.45, 2.75) is 43.3 Å². The van der Waals surface area contributed by atoms with Crippen LogP contribution in [0.15, 0.2) is 36.9 Å². The molecule has 11 heteroatoms. The molecule has 3 N–H and O–H groups in total. The minimum absolute atomic E-state index is 0.151. The number of nitrogens with two attached hydrogens (primary N) is 1. The van der Waals surface area contributed by atoms with Crippen LogP contribution in [0, 0.1) is 5.82 Å². The fourth-order valence-corrected chi connectivity index (χ4v) is 7.53. The van der Waals surface area contributed by atoms with E-state index in [4.69, 9.17) is 32.0 Å². The second-order valence-electron chi connectivity index (χ2n) is 11.2. The lowest BCUT2D eigenvalue weighted by molar-refractivity contribution is 0.188. The molecule has 3 fully saturated rings. The summed E-state index contributed by atoms with van der Waals surface area (Å²) in [7, 11) is 2.13. The van der Waals surface area contributed by atoms with Crippen LogP contribution in [0.25, 0.3) is 32.2 Å². The normalized spacial score (nSPS) is 24.8. The number of halogens is 2. The number of fused-ring (bicyclic) bond motifs is 4. The van der Waals surface area contributed by atoms with Crippen LogP contribution in [0.2, 0.25) is 5.02 Å². The van der Waals surface area contributed by atoms with Gasteiger partial charge in [0, 0.05) is 46.7 Å². The molecule has 40 heavy (non-hydrogen) atoms. The van der Waals surface area contributed by atoms with Crippen molar-refractivity contribution in [3.05, 3.63) is 47.8 Å². The van der Waals surface area contributed by atoms with Crippen molar-refractivity contribution in [1.82, 2.24) is 25.2 Å². The molecule has 208 valence electrons. The number of nitrogen functional groups attached to an aromatic ring is 1. The van der Waals surface area contributed by atoms with Gasteiger partial charge in [-0.05, 0) is 63.5 Å². The number of rotatable bonds is 6. The van der Waals surface area contributed by atoms with Crippen LogP contribution >= 0.6 is 22.9 Å². The van der Waals surface area contributed by atoms with Gasteiger partial charge in [-0.1, -0.05) is 29.0 Å². The average molecular weight is 580 g/mol. The summed E-state index contributed by atoms with van der Waals surface area (Å²) in [5.74, 6) is 0.446. The minimum Gasteiger partial charge on any atom is -0.462 e. The smallest absolute Gasteiger partial charge is 0.319 e. The maximum Gasteiger partial charge on any atom is 0.319 e. The van der Waals surface area contributed by atoms with E-state index in [1.807, 2.05) is 18.2 Å². The molecule has 3 aliphatic heterocycles. The number of benzene rings is 2. The first-order valence-electron chi connectivity index (χ1n) is 13.7. The van der Waals surface area contributed by atoms with Gasteiger partial charge in [0.05, 0.1) is 21.3 Å². The Morgan fingerprint density at radius 1 is 1.27 bits per heavy atom. The predicted octanol–water partition coefficient (Wildman–Crippen LogP) is 5.25. The summed E-state index contributed by atoms with van der Waals surface area (Å²) in [6.07, 6.45) is 6.41. The molecule has 5 heterocycles. The van der Waals surface area contributed by atoms with Crippen LogP contribution < -0.4 is 20.7 Å². The molecule has 7 rings (SSSR count). The Balaban J connectivity index is 1.35. The Kier molecular flexibility index (Phi) is 6.34. The number of anilines is 2. The molecule has 2 aromatic carbocycles. The number of likely N-dealkylation sites (tertiary alicyclic amines) is 1. The van der Waals surface area contributed by atoms with Crippen molar-refractivity contribution < 1.29 is 9.13 Å². The monoisotopic (exact) mass is 579 g/mol. The van der Waals surface area contributed by atoms with E-state index in [1.165, 1.54) is 6.07 Å². The Hall–Kier alpha value is -3.05. The number of aromatic nitrogens is 3. The lowest BCUT2D eigenvalue weighted by Gasteiger charge is -2.40. The Morgan fingerprint density at radius 2 is 2.15 bits per heavy atom. The number of hydrogen-bond acceptors (Lipinski definition) is 9. The van der Waals surface area contributed by atoms with Gasteiger partial charge < -0.3 is 25.6 Å². The van der Waals surface area contributed by atoms with E-state index in [1.54, 1.807) is 6.07 Å². The van der Waals surface area contributed by atoms with Crippen molar-refractivity contribution >= 4 is 55.0 Å². The second-order valence-corrected chi connectivity index (χ2v) is 12.7. The predicted molar refractivity (Wildman–Crippen MR) is 160 cm³/mol. The minimum atomic E-state index is -0.355. The molecule has 3 atom stereocenters. The summed E-state index contributed by atoms with van der Waals surface area (Å²) in [6, 6.07) is 8.00. The van der Waals surface area contributed by atoms with Crippen LogP contribution in [-0.2, 0) is 0 Å². The highest BCUT2D eigenvalue weighted by Crippen LogP contribution is 2.42. The van der Waals surface area contributed by atoms with Crippen molar-refractivity contribution in [3.8, 4) is 17.1 Å². The Bertz CT molecular complexity index is 1650. The van der Waals surface area contributed by atoms with E-state index in [0.29, 0.717) is 61.7 Å². The molecule has 3 unspecified atom stereocenters. The van der Waals surface area contributed by atoms with Gasteiger partial charge in [-0.2, -0.15) is 9.97 Å². The molecule has 0 aliphatic carbocycles. The zero-order chi connectivity index (χ0) is 27.6. The fourth-order valence-electron chi connectivity index (χ4n) is 6.50. The molecule has 8 nitrogen and oxygen atoms in total. The summed E-state index contributed by atoms with van der Waals surface area (Å²) in [6.45, 7) is 7.29. The third-order valence-corrected chi connectivity index (χ3v) is 9.86. The standard InChI is InChI=1S/C29H31ClFN7OS/c1-3-29-9-8-16(36-29)13-38(15-29)26-20-11-21(30)19(18-6-7-22(31)25-24(18)34-27(32)40-25)12-23(20)33-28(35-26)39-14-17-5-4-10-37(17)2/h3,6-7,11-12,16-17,36H,1,4-5,8-10,13-15H2,2H3,(H2,32,34). The van der Waals surface area contributed by atoms with Crippen LogP contribution in [0.4, 0.5) is 15.3 Å². The van der Waals surface area contributed by atoms with Gasteiger partial charge in [0.25, 0.3) is 0 Å². The lowest BCUT2D eigenvalue weighted by Crippen LogP contribution is -2.58. The van der Waals surface area contributed by atoms with E-state index in [-0.39, 0.29) is 11.4 Å². The van der Waals surface area contributed by atoms with Gasteiger partial charge in [-0.3, -0.25) is 0 Å². The van der Waals surface area contributed by atoms with Crippen molar-refractivity contribution in [3.63, 3.8) is 0 Å². The molecular weight excluding hydrogens is 549 g/mol. The highest BCUT2D eigenvalue weighted by atomic mass is 35.5. The number of likely N-dealkylation sites (N-methyl/N-ethyl adjacent to an activating group) is 1. The first-order valence-corrected chi connectivity index (χ1v) is 14.9. The molecule has 0 saturated carbocycles. The highest BCUT2D eigenvalue weighted by molar-refractivity contribution is 7.22. The lowest BCUT2D eigenvalue weighted by atomic mass is 9.97. The van der Waals surface area contributed by atoms with Gasteiger partial charge in [0.15, 0.2) is 5.13 Å². The van der Waals surface area contributed by atoms with E-state index >= 15 is 0 Å². The number of ether oxygens (including phenoxy) is 1. The summed E-state index contributed by atoms with van der Waals surface area (Å²) in [5, 5.41) is 5.39. The summed E-state index contributed by atoms with van der Waals surface area (Å²) in [5.41, 5.74) is 8.41. The maximum atomic E-state index is 14.6. The van der Waals surface area contributed by atoms with Gasteiger partial charge in [0.2, 0.25) is 0 Å². The van der Waals surface area contributed by atoms with Gasteiger partial charge in [0.1, 0.15) is 18.2 Å². The Labute approximate surface area is 241 Å². The third-order valence-electron chi connectivity index (χ3n) is 8.66. The van der Waals surface area contributed by atoms with Crippen LogP contribution in [-0.4, -0.2) is 70.8 Å². The molecule has 3 aliphatic rings. The highest BCUT2D eigenvalue weighted by Gasteiger charge is 2.43. The molecule has 2 aromatic heterocycles. The van der Waals surface area contributed by atoms with Crippen molar-refractivity contribution in [2.24, 2.45) is 0 Å². The average Bonchev–Trinajstić information content (AvgIpc) is 3.63. The number of thiazole rings is 1. The molecule has 3 saturated heterocycles. The zero-order valence-electron chi connectivity index (χ0n) is 22.3. The van der Waals surface area contributed by atoms with Crippen molar-refractivity contribution in [1.29, 1.82) is 0 Å². The topological polar surface area (TPSA) is 92.4 Å². The number of nitrogens with one attached hydrogen (secondary N) is 1. The third kappa shape index (κ3) is 4.38. The fraction of sp³-hybridized carbons (Fsp3) is 0.414. The van der Waals surface area contributed by atoms with Crippen LogP contribution in [0.1, 0.15) is 25.7 Å². The van der Waals surface area contributed by atoms with Crippen molar-refractivity contribution in [2.75, 3.05) is 43.9 Å². The molecule has 0 radical (unpaired) electrons. The number of piperazine rings is 1. The van der Waals surface area contributed by atoms with E-state index in [2.05, 4.69) is 33.7 Å². The number of nitrogens with zero attached hydrogens (tertiary/aromatic N) is 5. The van der Waals surface area contributed by atoms with Gasteiger partial charge >= 0.3 is 6.01 Å². The van der Waals surface area contributed by atoms with E-state index < -0.39 is 0 Å².